The standard InChI is InChI=1S/C9H15N5O3S/c1-12-9(10-8(11-12)14(15)16)18-7-4-13-2-5-17-6-3-13/h2-7H2,1H3. The molecule has 1 saturated heterocycles. The molecule has 0 unspecified atom stereocenters. The van der Waals surface area contributed by atoms with Crippen LogP contribution >= 0.6 is 11.8 Å². The Balaban J connectivity index is 1.80. The molecule has 18 heavy (non-hydrogen) atoms. The van der Waals surface area contributed by atoms with Crippen LogP contribution in [0.1, 0.15) is 0 Å². The van der Waals surface area contributed by atoms with Gasteiger partial charge in [0.15, 0.2) is 0 Å². The Morgan fingerprint density at radius 1 is 1.50 bits per heavy atom. The minimum atomic E-state index is -0.577. The van der Waals surface area contributed by atoms with E-state index >= 15 is 0 Å². The Labute approximate surface area is 108 Å². The van der Waals surface area contributed by atoms with E-state index in [1.54, 1.807) is 7.05 Å². The quantitative estimate of drug-likeness (QED) is 0.428. The van der Waals surface area contributed by atoms with Gasteiger partial charge in [0.25, 0.3) is 5.16 Å². The highest BCUT2D eigenvalue weighted by atomic mass is 32.2. The lowest BCUT2D eigenvalue weighted by molar-refractivity contribution is -0.394. The Morgan fingerprint density at radius 2 is 2.22 bits per heavy atom. The molecule has 0 aromatic carbocycles. The topological polar surface area (TPSA) is 86.3 Å². The molecule has 0 spiro atoms. The summed E-state index contributed by atoms with van der Waals surface area (Å²) in [6, 6.07) is 0. The number of thioether (sulfide) groups is 1. The van der Waals surface area contributed by atoms with Crippen LogP contribution in [0.15, 0.2) is 5.16 Å². The van der Waals surface area contributed by atoms with Crippen molar-refractivity contribution in [3.63, 3.8) is 0 Å². The first-order valence-corrected chi connectivity index (χ1v) is 6.63. The van der Waals surface area contributed by atoms with E-state index in [1.165, 1.54) is 16.4 Å². The second-order valence-corrected chi connectivity index (χ2v) is 4.94. The molecule has 8 nitrogen and oxygen atoms in total. The van der Waals surface area contributed by atoms with E-state index in [0.29, 0.717) is 5.16 Å². The summed E-state index contributed by atoms with van der Waals surface area (Å²) in [4.78, 5) is 16.1. The predicted octanol–water partition coefficient (Wildman–Crippen LogP) is 0.148. The van der Waals surface area contributed by atoms with Crippen molar-refractivity contribution in [2.45, 2.75) is 5.16 Å². The van der Waals surface area contributed by atoms with Gasteiger partial charge in [-0.2, -0.15) is 4.68 Å². The first kappa shape index (κ1) is 13.2. The highest BCUT2D eigenvalue weighted by Gasteiger charge is 2.19. The summed E-state index contributed by atoms with van der Waals surface area (Å²) in [6.45, 7) is 4.37. The van der Waals surface area contributed by atoms with E-state index in [2.05, 4.69) is 15.0 Å². The molecule has 0 amide bonds. The van der Waals surface area contributed by atoms with Crippen LogP contribution in [0, 0.1) is 10.1 Å². The number of nitro groups is 1. The average Bonchev–Trinajstić information content (AvgIpc) is 2.73. The van der Waals surface area contributed by atoms with Gasteiger partial charge in [0.1, 0.15) is 0 Å². The Morgan fingerprint density at radius 3 is 2.83 bits per heavy atom. The lowest BCUT2D eigenvalue weighted by atomic mass is 10.4. The average molecular weight is 273 g/mol. The Hall–Kier alpha value is -1.19. The number of rotatable bonds is 5. The fourth-order valence-electron chi connectivity index (χ4n) is 1.65. The highest BCUT2D eigenvalue weighted by Crippen LogP contribution is 2.17. The molecule has 2 heterocycles. The van der Waals surface area contributed by atoms with E-state index in [1.807, 2.05) is 0 Å². The maximum absolute atomic E-state index is 10.5. The van der Waals surface area contributed by atoms with Crippen molar-refractivity contribution in [1.29, 1.82) is 0 Å². The number of hydrogen-bond acceptors (Lipinski definition) is 7. The van der Waals surface area contributed by atoms with Crippen LogP contribution in [-0.4, -0.2) is 63.2 Å². The van der Waals surface area contributed by atoms with E-state index in [9.17, 15) is 10.1 Å². The first-order valence-electron chi connectivity index (χ1n) is 5.65. The number of hydrogen-bond donors (Lipinski definition) is 0. The largest absolute Gasteiger partial charge is 0.492 e. The summed E-state index contributed by atoms with van der Waals surface area (Å²) >= 11 is 1.48. The van der Waals surface area contributed by atoms with Crippen molar-refractivity contribution < 1.29 is 9.66 Å². The molecule has 100 valence electrons. The fraction of sp³-hybridized carbons (Fsp3) is 0.778. The second kappa shape index (κ2) is 6.12. The molecular weight excluding hydrogens is 258 g/mol. The van der Waals surface area contributed by atoms with Gasteiger partial charge in [-0.3, -0.25) is 4.90 Å². The van der Waals surface area contributed by atoms with E-state index in [4.69, 9.17) is 4.74 Å². The first-order chi connectivity index (χ1) is 8.66. The van der Waals surface area contributed by atoms with Crippen LogP contribution in [-0.2, 0) is 11.8 Å². The lowest BCUT2D eigenvalue weighted by Gasteiger charge is -2.25. The monoisotopic (exact) mass is 273 g/mol. The third-order valence-corrected chi connectivity index (χ3v) is 3.62. The molecule has 0 radical (unpaired) electrons. The molecule has 1 fully saturated rings. The van der Waals surface area contributed by atoms with Crippen molar-refractivity contribution in [3.8, 4) is 0 Å². The summed E-state index contributed by atoms with van der Waals surface area (Å²) in [7, 11) is 1.66. The van der Waals surface area contributed by atoms with Gasteiger partial charge in [-0.1, -0.05) is 11.8 Å². The van der Waals surface area contributed by atoms with Crippen LogP contribution in [0.25, 0.3) is 0 Å². The van der Waals surface area contributed by atoms with Crippen molar-refractivity contribution in [2.75, 3.05) is 38.6 Å². The molecule has 1 aliphatic rings. The molecule has 9 heteroatoms. The van der Waals surface area contributed by atoms with Crippen LogP contribution < -0.4 is 0 Å². The van der Waals surface area contributed by atoms with Gasteiger partial charge in [0, 0.05) is 37.5 Å². The molecule has 0 atom stereocenters. The van der Waals surface area contributed by atoms with Crippen molar-refractivity contribution in [3.05, 3.63) is 10.1 Å². The van der Waals surface area contributed by atoms with Gasteiger partial charge in [0.05, 0.1) is 13.2 Å². The maximum atomic E-state index is 10.5. The molecule has 2 rings (SSSR count). The number of aromatic nitrogens is 3. The van der Waals surface area contributed by atoms with Crippen molar-refractivity contribution >= 4 is 17.7 Å². The minimum Gasteiger partial charge on any atom is -0.390 e. The third-order valence-electron chi connectivity index (χ3n) is 2.62. The zero-order chi connectivity index (χ0) is 13.0. The van der Waals surface area contributed by atoms with E-state index < -0.39 is 4.92 Å². The number of ether oxygens (including phenoxy) is 1. The summed E-state index contributed by atoms with van der Waals surface area (Å²) in [6.07, 6.45) is 0. The zero-order valence-corrected chi connectivity index (χ0v) is 10.9. The van der Waals surface area contributed by atoms with Gasteiger partial charge in [-0.05, 0) is 9.91 Å². The minimum absolute atomic E-state index is 0.341. The summed E-state index contributed by atoms with van der Waals surface area (Å²) in [5.41, 5.74) is 0. The second-order valence-electron chi connectivity index (χ2n) is 3.88. The summed E-state index contributed by atoms with van der Waals surface area (Å²) in [5.74, 6) is 0.496. The van der Waals surface area contributed by atoms with Crippen LogP contribution in [0.3, 0.4) is 0 Å². The molecule has 1 aliphatic heterocycles. The SMILES string of the molecule is Cn1nc([N+](=O)[O-])nc1SCCN1CCOCC1. The van der Waals surface area contributed by atoms with Crippen LogP contribution in [0.4, 0.5) is 5.95 Å². The smallest absolute Gasteiger partial charge is 0.390 e. The van der Waals surface area contributed by atoms with Gasteiger partial charge in [-0.25, -0.2) is 0 Å². The van der Waals surface area contributed by atoms with E-state index in [0.717, 1.165) is 38.6 Å². The zero-order valence-electron chi connectivity index (χ0n) is 10.1. The van der Waals surface area contributed by atoms with Gasteiger partial charge in [0.2, 0.25) is 0 Å². The predicted molar refractivity (Wildman–Crippen MR) is 65.6 cm³/mol. The van der Waals surface area contributed by atoms with Crippen LogP contribution in [0.2, 0.25) is 0 Å². The molecule has 0 bridgehead atoms. The van der Waals surface area contributed by atoms with Crippen molar-refractivity contribution in [2.24, 2.45) is 7.05 Å². The van der Waals surface area contributed by atoms with E-state index in [-0.39, 0.29) is 5.95 Å². The summed E-state index contributed by atoms with van der Waals surface area (Å²) in [5, 5.41) is 14.8. The summed E-state index contributed by atoms with van der Waals surface area (Å²) < 4.78 is 6.71. The molecule has 1 aromatic heterocycles. The van der Waals surface area contributed by atoms with Gasteiger partial charge >= 0.3 is 5.95 Å². The van der Waals surface area contributed by atoms with Gasteiger partial charge in [-0.15, -0.1) is 0 Å². The third kappa shape index (κ3) is 3.40. The molecular formula is C9H15N5O3S. The fourth-order valence-corrected chi connectivity index (χ4v) is 2.56. The maximum Gasteiger partial charge on any atom is 0.492 e. The Kier molecular flexibility index (Phi) is 4.50. The molecule has 0 aliphatic carbocycles. The highest BCUT2D eigenvalue weighted by molar-refractivity contribution is 7.99. The normalized spacial score (nSPS) is 16.9. The molecule has 0 saturated carbocycles. The number of nitrogens with zero attached hydrogens (tertiary/aromatic N) is 5. The number of morpholine rings is 1. The molecule has 1 aromatic rings. The molecule has 0 N–H and O–H groups in total. The number of aryl methyl sites for hydroxylation is 1. The van der Waals surface area contributed by atoms with Gasteiger partial charge < -0.3 is 14.9 Å². The van der Waals surface area contributed by atoms with Crippen molar-refractivity contribution in [1.82, 2.24) is 19.7 Å². The lowest BCUT2D eigenvalue weighted by Crippen LogP contribution is -2.37. The Bertz CT molecular complexity index is 418. The van der Waals surface area contributed by atoms with Crippen LogP contribution in [0.5, 0.6) is 0 Å².